The molecule has 0 aliphatic heterocycles. The van der Waals surface area contributed by atoms with Crippen molar-refractivity contribution in [3.05, 3.63) is 29.3 Å². The molecule has 0 unspecified atom stereocenters. The number of aromatic hydroxyl groups is 1. The molecule has 2 heteroatoms. The molecule has 1 N–H and O–H groups in total. The van der Waals surface area contributed by atoms with Crippen LogP contribution in [-0.4, -0.2) is 10.9 Å². The molecule has 0 aliphatic carbocycles. The molecule has 0 saturated carbocycles. The zero-order valence-corrected chi connectivity index (χ0v) is 13.7. The van der Waals surface area contributed by atoms with Crippen molar-refractivity contribution in [1.82, 2.24) is 0 Å². The van der Waals surface area contributed by atoms with E-state index in [1.54, 1.807) is 12.1 Å². The molecule has 21 heavy (non-hydrogen) atoms. The fourth-order valence-corrected chi connectivity index (χ4v) is 2.61. The van der Waals surface area contributed by atoms with E-state index in [4.69, 9.17) is 0 Å². The van der Waals surface area contributed by atoms with E-state index in [2.05, 4.69) is 6.92 Å². The average Bonchev–Trinajstić information content (AvgIpc) is 2.45. The van der Waals surface area contributed by atoms with Gasteiger partial charge in [-0.25, -0.2) is 0 Å². The molecule has 0 heterocycles. The summed E-state index contributed by atoms with van der Waals surface area (Å²) in [5.41, 5.74) is 1.45. The first-order valence-corrected chi connectivity index (χ1v) is 8.48. The second-order valence-electron chi connectivity index (χ2n) is 6.02. The number of Topliss-reactive ketones (excluding diaryl/α,β-unsaturated/α-hetero) is 1. The summed E-state index contributed by atoms with van der Waals surface area (Å²) in [4.78, 5) is 12.0. The molecular formula is C19H30O2. The Hall–Kier alpha value is -1.31. The summed E-state index contributed by atoms with van der Waals surface area (Å²) in [5, 5.41) is 9.78. The molecule has 0 amide bonds. The van der Waals surface area contributed by atoms with Crippen molar-refractivity contribution in [1.29, 1.82) is 0 Å². The quantitative estimate of drug-likeness (QED) is 0.413. The largest absolute Gasteiger partial charge is 0.507 e. The van der Waals surface area contributed by atoms with Crippen molar-refractivity contribution < 1.29 is 9.90 Å². The van der Waals surface area contributed by atoms with Crippen LogP contribution in [0.2, 0.25) is 0 Å². The summed E-state index contributed by atoms with van der Waals surface area (Å²) in [6, 6.07) is 5.27. The lowest BCUT2D eigenvalue weighted by atomic mass is 10.0. The van der Waals surface area contributed by atoms with Gasteiger partial charge in [0.1, 0.15) is 5.75 Å². The highest BCUT2D eigenvalue weighted by atomic mass is 16.3. The van der Waals surface area contributed by atoms with Gasteiger partial charge in [0.15, 0.2) is 5.78 Å². The Balaban J connectivity index is 2.11. The molecule has 0 bridgehead atoms. The number of benzene rings is 1. The molecule has 2 nitrogen and oxygen atoms in total. The van der Waals surface area contributed by atoms with Crippen molar-refractivity contribution in [2.45, 2.75) is 78.1 Å². The van der Waals surface area contributed by atoms with Crippen LogP contribution in [0.25, 0.3) is 0 Å². The van der Waals surface area contributed by atoms with E-state index in [0.717, 1.165) is 18.4 Å². The van der Waals surface area contributed by atoms with Crippen molar-refractivity contribution in [3.63, 3.8) is 0 Å². The van der Waals surface area contributed by atoms with E-state index in [-0.39, 0.29) is 11.5 Å². The Labute approximate surface area is 129 Å². The van der Waals surface area contributed by atoms with Crippen LogP contribution in [0.4, 0.5) is 0 Å². The molecule has 1 rings (SSSR count). The Kier molecular flexibility index (Phi) is 8.80. The summed E-state index contributed by atoms with van der Waals surface area (Å²) in [6.45, 7) is 4.15. The number of hydrogen-bond acceptors (Lipinski definition) is 2. The van der Waals surface area contributed by atoms with Crippen LogP contribution in [0, 0.1) is 6.92 Å². The summed E-state index contributed by atoms with van der Waals surface area (Å²) in [5.74, 6) is 0.186. The van der Waals surface area contributed by atoms with Gasteiger partial charge in [-0.1, -0.05) is 64.4 Å². The molecular weight excluding hydrogens is 260 g/mol. The van der Waals surface area contributed by atoms with Gasteiger partial charge < -0.3 is 5.11 Å². The Bertz CT molecular complexity index is 424. The zero-order chi connectivity index (χ0) is 15.5. The highest BCUT2D eigenvalue weighted by Crippen LogP contribution is 2.21. The van der Waals surface area contributed by atoms with E-state index in [1.165, 1.54) is 44.9 Å². The summed E-state index contributed by atoms with van der Waals surface area (Å²) < 4.78 is 0. The molecule has 118 valence electrons. The fraction of sp³-hybridized carbons (Fsp3) is 0.632. The van der Waals surface area contributed by atoms with Crippen LogP contribution in [0.3, 0.4) is 0 Å². The van der Waals surface area contributed by atoms with Crippen LogP contribution < -0.4 is 0 Å². The van der Waals surface area contributed by atoms with E-state index in [1.807, 2.05) is 13.0 Å². The predicted molar refractivity (Wildman–Crippen MR) is 89.0 cm³/mol. The number of phenolic OH excluding ortho intramolecular Hbond substituents is 1. The number of hydrogen-bond donors (Lipinski definition) is 1. The third-order valence-electron chi connectivity index (χ3n) is 3.96. The zero-order valence-electron chi connectivity index (χ0n) is 13.7. The third kappa shape index (κ3) is 7.31. The lowest BCUT2D eigenvalue weighted by Crippen LogP contribution is -1.99. The SMILES string of the molecule is CCCCCCCCCCCC(=O)c1ccc(C)cc1O. The van der Waals surface area contributed by atoms with E-state index in [0.29, 0.717) is 12.0 Å². The van der Waals surface area contributed by atoms with Crippen molar-refractivity contribution in [3.8, 4) is 5.75 Å². The first-order chi connectivity index (χ1) is 10.1. The number of unbranched alkanes of at least 4 members (excludes halogenated alkanes) is 8. The number of carbonyl (C=O) groups excluding carboxylic acids is 1. The van der Waals surface area contributed by atoms with Gasteiger partial charge in [-0.3, -0.25) is 4.79 Å². The maximum atomic E-state index is 12.0. The van der Waals surface area contributed by atoms with Crippen LogP contribution in [0.15, 0.2) is 18.2 Å². The molecule has 1 aromatic rings. The highest BCUT2D eigenvalue weighted by Gasteiger charge is 2.10. The standard InChI is InChI=1S/C19H30O2/c1-3-4-5-6-7-8-9-10-11-12-18(20)17-14-13-16(2)15-19(17)21/h13-15,21H,3-12H2,1-2H3. The molecule has 0 saturated heterocycles. The van der Waals surface area contributed by atoms with Gasteiger partial charge in [0.2, 0.25) is 0 Å². The highest BCUT2D eigenvalue weighted by molar-refractivity contribution is 5.98. The lowest BCUT2D eigenvalue weighted by Gasteiger charge is -2.05. The van der Waals surface area contributed by atoms with E-state index < -0.39 is 0 Å². The smallest absolute Gasteiger partial charge is 0.166 e. The van der Waals surface area contributed by atoms with Crippen molar-refractivity contribution in [2.75, 3.05) is 0 Å². The molecule has 0 aliphatic rings. The monoisotopic (exact) mass is 290 g/mol. The fourth-order valence-electron chi connectivity index (χ4n) is 2.61. The summed E-state index contributed by atoms with van der Waals surface area (Å²) in [6.07, 6.45) is 11.8. The molecule has 0 atom stereocenters. The Morgan fingerprint density at radius 2 is 1.52 bits per heavy atom. The van der Waals surface area contributed by atoms with E-state index in [9.17, 15) is 9.90 Å². The van der Waals surface area contributed by atoms with Crippen LogP contribution >= 0.6 is 0 Å². The second kappa shape index (κ2) is 10.4. The topological polar surface area (TPSA) is 37.3 Å². The lowest BCUT2D eigenvalue weighted by molar-refractivity contribution is 0.0976. The first kappa shape index (κ1) is 17.7. The molecule has 0 fully saturated rings. The van der Waals surface area contributed by atoms with Gasteiger partial charge in [-0.15, -0.1) is 0 Å². The third-order valence-corrected chi connectivity index (χ3v) is 3.96. The van der Waals surface area contributed by atoms with Crippen LogP contribution in [0.1, 0.15) is 87.1 Å². The minimum Gasteiger partial charge on any atom is -0.507 e. The van der Waals surface area contributed by atoms with Gasteiger partial charge in [-0.05, 0) is 31.0 Å². The van der Waals surface area contributed by atoms with Crippen molar-refractivity contribution >= 4 is 5.78 Å². The van der Waals surface area contributed by atoms with E-state index >= 15 is 0 Å². The Morgan fingerprint density at radius 3 is 2.10 bits per heavy atom. The number of carbonyl (C=O) groups is 1. The first-order valence-electron chi connectivity index (χ1n) is 8.48. The summed E-state index contributed by atoms with van der Waals surface area (Å²) >= 11 is 0. The average molecular weight is 290 g/mol. The number of aryl methyl sites for hydroxylation is 1. The van der Waals surface area contributed by atoms with Gasteiger partial charge in [0, 0.05) is 6.42 Å². The second-order valence-corrected chi connectivity index (χ2v) is 6.02. The minimum absolute atomic E-state index is 0.0652. The maximum Gasteiger partial charge on any atom is 0.166 e. The van der Waals surface area contributed by atoms with Crippen LogP contribution in [0.5, 0.6) is 5.75 Å². The van der Waals surface area contributed by atoms with Gasteiger partial charge in [-0.2, -0.15) is 0 Å². The molecule has 1 aromatic carbocycles. The number of ketones is 1. The van der Waals surface area contributed by atoms with Crippen molar-refractivity contribution in [2.24, 2.45) is 0 Å². The summed E-state index contributed by atoms with van der Waals surface area (Å²) in [7, 11) is 0. The minimum atomic E-state index is 0.0652. The van der Waals surface area contributed by atoms with Gasteiger partial charge >= 0.3 is 0 Å². The van der Waals surface area contributed by atoms with Crippen LogP contribution in [-0.2, 0) is 0 Å². The number of rotatable bonds is 11. The predicted octanol–water partition coefficient (Wildman–Crippen LogP) is 5.80. The van der Waals surface area contributed by atoms with Gasteiger partial charge in [0.05, 0.1) is 5.56 Å². The molecule has 0 spiro atoms. The molecule has 0 aromatic heterocycles. The maximum absolute atomic E-state index is 12.0. The Morgan fingerprint density at radius 1 is 0.952 bits per heavy atom. The number of phenols is 1. The molecule has 0 radical (unpaired) electrons. The normalized spacial score (nSPS) is 10.8. The van der Waals surface area contributed by atoms with Gasteiger partial charge in [0.25, 0.3) is 0 Å².